The lowest BCUT2D eigenvalue weighted by Gasteiger charge is -2.19. The second-order valence-electron chi connectivity index (χ2n) is 4.06. The number of nitrogens with one attached hydrogen (secondary N) is 1. The van der Waals surface area contributed by atoms with Gasteiger partial charge >= 0.3 is 0 Å². The number of hydrogen-bond acceptors (Lipinski definition) is 3. The van der Waals surface area contributed by atoms with Gasteiger partial charge in [-0.25, -0.2) is 4.98 Å². The van der Waals surface area contributed by atoms with Crippen LogP contribution in [0, 0.1) is 0 Å². The van der Waals surface area contributed by atoms with E-state index in [1.165, 1.54) is 24.9 Å². The summed E-state index contributed by atoms with van der Waals surface area (Å²) >= 11 is 0. The molecule has 0 aliphatic heterocycles. The second kappa shape index (κ2) is 7.09. The van der Waals surface area contributed by atoms with Crippen molar-refractivity contribution in [2.45, 2.75) is 33.1 Å². The smallest absolute Gasteiger partial charge is 0.127 e. The van der Waals surface area contributed by atoms with Gasteiger partial charge in [0.25, 0.3) is 0 Å². The third-order valence-corrected chi connectivity index (χ3v) is 2.64. The summed E-state index contributed by atoms with van der Waals surface area (Å²) in [7, 11) is 2.14. The molecule has 0 radical (unpaired) electrons. The van der Waals surface area contributed by atoms with E-state index in [0.29, 0.717) is 0 Å². The topological polar surface area (TPSA) is 28.2 Å². The molecule has 0 fully saturated rings. The lowest BCUT2D eigenvalue weighted by Crippen LogP contribution is -2.18. The van der Waals surface area contributed by atoms with Gasteiger partial charge in [0.1, 0.15) is 5.82 Å². The SMILES string of the molecule is CCCCCN(C)c1ccnc(NCC)c1. The summed E-state index contributed by atoms with van der Waals surface area (Å²) < 4.78 is 0. The molecule has 1 heterocycles. The Morgan fingerprint density at radius 2 is 2.12 bits per heavy atom. The molecule has 16 heavy (non-hydrogen) atoms. The molecule has 1 rings (SSSR count). The van der Waals surface area contributed by atoms with Crippen molar-refractivity contribution in [3.8, 4) is 0 Å². The summed E-state index contributed by atoms with van der Waals surface area (Å²) in [5.41, 5.74) is 1.24. The van der Waals surface area contributed by atoms with E-state index < -0.39 is 0 Å². The van der Waals surface area contributed by atoms with Gasteiger partial charge in [-0.2, -0.15) is 0 Å². The molecular formula is C13H23N3. The molecule has 0 aliphatic rings. The molecular weight excluding hydrogens is 198 g/mol. The zero-order chi connectivity index (χ0) is 11.8. The third kappa shape index (κ3) is 4.09. The van der Waals surface area contributed by atoms with E-state index >= 15 is 0 Å². The molecule has 0 unspecified atom stereocenters. The quantitative estimate of drug-likeness (QED) is 0.717. The number of pyridine rings is 1. The van der Waals surface area contributed by atoms with Crippen LogP contribution in [0.1, 0.15) is 33.1 Å². The van der Waals surface area contributed by atoms with Crippen molar-refractivity contribution < 1.29 is 0 Å². The van der Waals surface area contributed by atoms with Gasteiger partial charge in [-0.15, -0.1) is 0 Å². The molecule has 0 saturated carbocycles. The molecule has 3 nitrogen and oxygen atoms in total. The lowest BCUT2D eigenvalue weighted by molar-refractivity contribution is 0.705. The van der Waals surface area contributed by atoms with Crippen molar-refractivity contribution >= 4 is 11.5 Å². The van der Waals surface area contributed by atoms with Gasteiger partial charge in [0.05, 0.1) is 0 Å². The van der Waals surface area contributed by atoms with Crippen LogP contribution in [0.2, 0.25) is 0 Å². The van der Waals surface area contributed by atoms with E-state index in [2.05, 4.69) is 48.2 Å². The lowest BCUT2D eigenvalue weighted by atomic mass is 10.2. The van der Waals surface area contributed by atoms with Crippen LogP contribution in [-0.2, 0) is 0 Å². The number of nitrogens with zero attached hydrogens (tertiary/aromatic N) is 2. The minimum atomic E-state index is 0.913. The van der Waals surface area contributed by atoms with E-state index in [0.717, 1.165) is 18.9 Å². The molecule has 1 aromatic heterocycles. The Morgan fingerprint density at radius 3 is 2.81 bits per heavy atom. The maximum absolute atomic E-state index is 4.27. The Kier molecular flexibility index (Phi) is 5.68. The van der Waals surface area contributed by atoms with Crippen molar-refractivity contribution in [3.05, 3.63) is 18.3 Å². The van der Waals surface area contributed by atoms with Crippen molar-refractivity contribution in [1.82, 2.24) is 4.98 Å². The minimum absolute atomic E-state index is 0.913. The Labute approximate surface area is 98.9 Å². The van der Waals surface area contributed by atoms with Crippen LogP contribution in [-0.4, -0.2) is 25.1 Å². The molecule has 0 atom stereocenters. The van der Waals surface area contributed by atoms with Crippen molar-refractivity contribution in [3.63, 3.8) is 0 Å². The first kappa shape index (κ1) is 12.8. The predicted octanol–water partition coefficient (Wildman–Crippen LogP) is 3.14. The summed E-state index contributed by atoms with van der Waals surface area (Å²) in [5.74, 6) is 0.961. The monoisotopic (exact) mass is 221 g/mol. The number of aromatic nitrogens is 1. The zero-order valence-electron chi connectivity index (χ0n) is 10.7. The van der Waals surface area contributed by atoms with Crippen molar-refractivity contribution in [2.24, 2.45) is 0 Å². The molecule has 0 aliphatic carbocycles. The number of anilines is 2. The predicted molar refractivity (Wildman–Crippen MR) is 71.2 cm³/mol. The largest absolute Gasteiger partial charge is 0.374 e. The van der Waals surface area contributed by atoms with Gasteiger partial charge in [0, 0.05) is 38.1 Å². The molecule has 0 saturated heterocycles. The van der Waals surface area contributed by atoms with E-state index in [1.807, 2.05) is 6.20 Å². The van der Waals surface area contributed by atoms with Crippen molar-refractivity contribution in [2.75, 3.05) is 30.4 Å². The minimum Gasteiger partial charge on any atom is -0.374 e. The molecule has 1 aromatic rings. The number of rotatable bonds is 7. The van der Waals surface area contributed by atoms with Crippen LogP contribution < -0.4 is 10.2 Å². The molecule has 0 amide bonds. The Hall–Kier alpha value is -1.25. The average Bonchev–Trinajstić information content (AvgIpc) is 2.30. The molecule has 0 bridgehead atoms. The van der Waals surface area contributed by atoms with E-state index in [1.54, 1.807) is 0 Å². The van der Waals surface area contributed by atoms with Crippen LogP contribution in [0.5, 0.6) is 0 Å². The number of unbranched alkanes of at least 4 members (excludes halogenated alkanes) is 2. The van der Waals surface area contributed by atoms with Crippen LogP contribution in [0.3, 0.4) is 0 Å². The Balaban J connectivity index is 2.53. The maximum atomic E-state index is 4.27. The highest BCUT2D eigenvalue weighted by Gasteiger charge is 2.01. The molecule has 1 N–H and O–H groups in total. The highest BCUT2D eigenvalue weighted by atomic mass is 15.1. The van der Waals surface area contributed by atoms with Gasteiger partial charge in [0.15, 0.2) is 0 Å². The number of hydrogen-bond donors (Lipinski definition) is 1. The van der Waals surface area contributed by atoms with E-state index in [9.17, 15) is 0 Å². The van der Waals surface area contributed by atoms with E-state index in [4.69, 9.17) is 0 Å². The van der Waals surface area contributed by atoms with Crippen molar-refractivity contribution in [1.29, 1.82) is 0 Å². The Morgan fingerprint density at radius 1 is 1.31 bits per heavy atom. The third-order valence-electron chi connectivity index (χ3n) is 2.64. The summed E-state index contributed by atoms with van der Waals surface area (Å²) in [6.07, 6.45) is 5.69. The fraction of sp³-hybridized carbons (Fsp3) is 0.615. The summed E-state index contributed by atoms with van der Waals surface area (Å²) in [5, 5.41) is 3.23. The fourth-order valence-electron chi connectivity index (χ4n) is 1.66. The van der Waals surface area contributed by atoms with Gasteiger partial charge in [-0.05, 0) is 19.4 Å². The highest BCUT2D eigenvalue weighted by Crippen LogP contribution is 2.16. The molecule has 90 valence electrons. The summed E-state index contributed by atoms with van der Waals surface area (Å²) in [6.45, 7) is 6.34. The standard InChI is InChI=1S/C13H23N3/c1-4-6-7-10-16(3)12-8-9-15-13(11-12)14-5-2/h8-9,11H,4-7,10H2,1-3H3,(H,14,15). The molecule has 0 aromatic carbocycles. The zero-order valence-corrected chi connectivity index (χ0v) is 10.7. The summed E-state index contributed by atoms with van der Waals surface area (Å²) in [6, 6.07) is 4.17. The van der Waals surface area contributed by atoms with E-state index in [-0.39, 0.29) is 0 Å². The van der Waals surface area contributed by atoms with Gasteiger partial charge in [0.2, 0.25) is 0 Å². The first-order chi connectivity index (χ1) is 7.77. The highest BCUT2D eigenvalue weighted by molar-refractivity contribution is 5.53. The Bertz CT molecular complexity index is 299. The first-order valence-electron chi connectivity index (χ1n) is 6.19. The second-order valence-corrected chi connectivity index (χ2v) is 4.06. The van der Waals surface area contributed by atoms with Crippen LogP contribution in [0.15, 0.2) is 18.3 Å². The van der Waals surface area contributed by atoms with Crippen LogP contribution in [0.25, 0.3) is 0 Å². The molecule has 3 heteroatoms. The van der Waals surface area contributed by atoms with Gasteiger partial charge in [-0.3, -0.25) is 0 Å². The van der Waals surface area contributed by atoms with Gasteiger partial charge in [-0.1, -0.05) is 19.8 Å². The van der Waals surface area contributed by atoms with Crippen LogP contribution >= 0.6 is 0 Å². The fourth-order valence-corrected chi connectivity index (χ4v) is 1.66. The first-order valence-corrected chi connectivity index (χ1v) is 6.19. The molecule has 0 spiro atoms. The van der Waals surface area contributed by atoms with Crippen LogP contribution in [0.4, 0.5) is 11.5 Å². The van der Waals surface area contributed by atoms with Gasteiger partial charge < -0.3 is 10.2 Å². The maximum Gasteiger partial charge on any atom is 0.127 e. The summed E-state index contributed by atoms with van der Waals surface area (Å²) in [4.78, 5) is 6.56. The normalized spacial score (nSPS) is 10.2. The average molecular weight is 221 g/mol.